The second kappa shape index (κ2) is 4.60. The molecule has 1 heterocycles. The number of hydrogen-bond donors (Lipinski definition) is 0. The first-order chi connectivity index (χ1) is 7.47. The van der Waals surface area contributed by atoms with Crippen LogP contribution in [0.5, 0.6) is 5.88 Å². The standard InChI is InChI=1S/C8H11N3O5/c1-4-15-8(12)16-7-6(11(13)14)5(2)9-10(7)3/h4H2,1-3H3. The zero-order valence-corrected chi connectivity index (χ0v) is 9.09. The number of ether oxygens (including phenoxy) is 2. The first-order valence-corrected chi connectivity index (χ1v) is 4.50. The predicted molar refractivity (Wildman–Crippen MR) is 52.2 cm³/mol. The van der Waals surface area contributed by atoms with Gasteiger partial charge < -0.3 is 9.47 Å². The first-order valence-electron chi connectivity index (χ1n) is 4.50. The van der Waals surface area contributed by atoms with Crippen molar-refractivity contribution in [3.05, 3.63) is 15.8 Å². The molecule has 0 N–H and O–H groups in total. The highest BCUT2D eigenvalue weighted by atomic mass is 16.7. The predicted octanol–water partition coefficient (Wildman–Crippen LogP) is 1.17. The van der Waals surface area contributed by atoms with Crippen LogP contribution in [-0.2, 0) is 11.8 Å². The van der Waals surface area contributed by atoms with E-state index in [-0.39, 0.29) is 23.9 Å². The molecule has 88 valence electrons. The van der Waals surface area contributed by atoms with Gasteiger partial charge in [-0.25, -0.2) is 9.48 Å². The fourth-order valence-corrected chi connectivity index (χ4v) is 1.18. The summed E-state index contributed by atoms with van der Waals surface area (Å²) in [7, 11) is 1.44. The van der Waals surface area contributed by atoms with Gasteiger partial charge in [0.1, 0.15) is 5.69 Å². The van der Waals surface area contributed by atoms with Crippen molar-refractivity contribution >= 4 is 11.8 Å². The number of rotatable bonds is 3. The van der Waals surface area contributed by atoms with Crippen LogP contribution < -0.4 is 4.74 Å². The lowest BCUT2D eigenvalue weighted by Crippen LogP contribution is -2.13. The molecular weight excluding hydrogens is 218 g/mol. The number of hydrogen-bond acceptors (Lipinski definition) is 6. The third kappa shape index (κ3) is 2.27. The molecule has 0 aliphatic rings. The van der Waals surface area contributed by atoms with Gasteiger partial charge in [-0.05, 0) is 13.8 Å². The molecule has 0 spiro atoms. The van der Waals surface area contributed by atoms with Crippen molar-refractivity contribution in [1.29, 1.82) is 0 Å². The molecule has 0 saturated carbocycles. The minimum atomic E-state index is -0.992. The summed E-state index contributed by atoms with van der Waals surface area (Å²) < 4.78 is 10.3. The van der Waals surface area contributed by atoms with Crippen molar-refractivity contribution in [1.82, 2.24) is 9.78 Å². The van der Waals surface area contributed by atoms with Crippen LogP contribution in [0.15, 0.2) is 0 Å². The van der Waals surface area contributed by atoms with E-state index in [2.05, 4.69) is 9.84 Å². The average molecular weight is 229 g/mol. The largest absolute Gasteiger partial charge is 0.515 e. The van der Waals surface area contributed by atoms with Crippen molar-refractivity contribution in [2.45, 2.75) is 13.8 Å². The van der Waals surface area contributed by atoms with Gasteiger partial charge in [-0.3, -0.25) is 10.1 Å². The molecule has 1 aromatic rings. The minimum Gasteiger partial charge on any atom is -0.434 e. The Bertz CT molecular complexity index is 426. The summed E-state index contributed by atoms with van der Waals surface area (Å²) in [4.78, 5) is 21.1. The molecule has 16 heavy (non-hydrogen) atoms. The van der Waals surface area contributed by atoms with E-state index in [0.29, 0.717) is 0 Å². The van der Waals surface area contributed by atoms with E-state index >= 15 is 0 Å². The number of nitrogens with zero attached hydrogens (tertiary/aromatic N) is 3. The maximum absolute atomic E-state index is 11.0. The quantitative estimate of drug-likeness (QED) is 0.438. The fraction of sp³-hybridized carbons (Fsp3) is 0.500. The van der Waals surface area contributed by atoms with Crippen molar-refractivity contribution < 1.29 is 19.2 Å². The summed E-state index contributed by atoms with van der Waals surface area (Å²) in [6.07, 6.45) is -0.992. The molecule has 0 bridgehead atoms. The minimum absolute atomic E-state index is 0.128. The number of nitro groups is 1. The van der Waals surface area contributed by atoms with Gasteiger partial charge in [0.2, 0.25) is 0 Å². The van der Waals surface area contributed by atoms with Crippen LogP contribution in [0, 0.1) is 17.0 Å². The van der Waals surface area contributed by atoms with Crippen LogP contribution in [-0.4, -0.2) is 27.5 Å². The van der Waals surface area contributed by atoms with Gasteiger partial charge in [0.25, 0.3) is 0 Å². The van der Waals surface area contributed by atoms with Crippen molar-refractivity contribution in [3.8, 4) is 5.88 Å². The van der Waals surface area contributed by atoms with E-state index in [1.807, 2.05) is 0 Å². The monoisotopic (exact) mass is 229 g/mol. The third-order valence-corrected chi connectivity index (χ3v) is 1.76. The Morgan fingerprint density at radius 2 is 2.25 bits per heavy atom. The highest BCUT2D eigenvalue weighted by molar-refractivity contribution is 5.65. The number of carbonyl (C=O) groups excluding carboxylic acids is 1. The Hall–Kier alpha value is -2.12. The lowest BCUT2D eigenvalue weighted by atomic mass is 10.4. The van der Waals surface area contributed by atoms with E-state index in [0.717, 1.165) is 4.68 Å². The van der Waals surface area contributed by atoms with Crippen molar-refractivity contribution in [3.63, 3.8) is 0 Å². The summed E-state index contributed by atoms with van der Waals surface area (Å²) in [6, 6.07) is 0. The van der Waals surface area contributed by atoms with Gasteiger partial charge >= 0.3 is 17.7 Å². The van der Waals surface area contributed by atoms with Crippen LogP contribution in [0.1, 0.15) is 12.6 Å². The van der Waals surface area contributed by atoms with Gasteiger partial charge in [-0.1, -0.05) is 0 Å². The number of carbonyl (C=O) groups is 1. The highest BCUT2D eigenvalue weighted by Gasteiger charge is 2.27. The molecule has 0 aromatic carbocycles. The maximum Gasteiger partial charge on any atom is 0.515 e. The van der Waals surface area contributed by atoms with Gasteiger partial charge in [0, 0.05) is 7.05 Å². The van der Waals surface area contributed by atoms with E-state index in [9.17, 15) is 14.9 Å². The second-order valence-corrected chi connectivity index (χ2v) is 2.90. The summed E-state index contributed by atoms with van der Waals surface area (Å²) in [6.45, 7) is 3.18. The van der Waals surface area contributed by atoms with Crippen LogP contribution in [0.4, 0.5) is 10.5 Å². The molecule has 0 amide bonds. The highest BCUT2D eigenvalue weighted by Crippen LogP contribution is 2.29. The molecule has 8 heteroatoms. The van der Waals surface area contributed by atoms with E-state index in [4.69, 9.17) is 4.74 Å². The van der Waals surface area contributed by atoms with Gasteiger partial charge in [0.05, 0.1) is 11.5 Å². The Labute approximate surface area is 90.9 Å². The van der Waals surface area contributed by atoms with E-state index < -0.39 is 11.1 Å². The van der Waals surface area contributed by atoms with Crippen molar-refractivity contribution in [2.24, 2.45) is 7.05 Å². The Balaban J connectivity index is 3.03. The van der Waals surface area contributed by atoms with Gasteiger partial charge in [-0.2, -0.15) is 5.10 Å². The molecule has 0 aliphatic carbocycles. The molecule has 0 aliphatic heterocycles. The van der Waals surface area contributed by atoms with E-state index in [1.54, 1.807) is 6.92 Å². The fourth-order valence-electron chi connectivity index (χ4n) is 1.18. The zero-order valence-electron chi connectivity index (χ0n) is 9.09. The molecule has 0 atom stereocenters. The maximum atomic E-state index is 11.0. The normalized spacial score (nSPS) is 9.94. The summed E-state index contributed by atoms with van der Waals surface area (Å²) in [5.41, 5.74) is -0.164. The lowest BCUT2D eigenvalue weighted by Gasteiger charge is -2.02. The topological polar surface area (TPSA) is 96.5 Å². The van der Waals surface area contributed by atoms with Gasteiger partial charge in [-0.15, -0.1) is 0 Å². The molecule has 8 nitrogen and oxygen atoms in total. The molecule has 1 rings (SSSR count). The summed E-state index contributed by atoms with van der Waals surface area (Å²) in [5, 5.41) is 14.5. The molecule has 0 radical (unpaired) electrons. The summed E-state index contributed by atoms with van der Waals surface area (Å²) in [5.74, 6) is -0.235. The summed E-state index contributed by atoms with van der Waals surface area (Å²) >= 11 is 0. The van der Waals surface area contributed by atoms with Crippen LogP contribution in [0.3, 0.4) is 0 Å². The Kier molecular flexibility index (Phi) is 3.44. The molecule has 0 unspecified atom stereocenters. The Morgan fingerprint density at radius 1 is 1.62 bits per heavy atom. The second-order valence-electron chi connectivity index (χ2n) is 2.90. The first kappa shape index (κ1) is 12.0. The number of aryl methyl sites for hydroxylation is 2. The van der Waals surface area contributed by atoms with Crippen LogP contribution in [0.2, 0.25) is 0 Å². The molecule has 0 fully saturated rings. The molecule has 0 saturated heterocycles. The number of aromatic nitrogens is 2. The zero-order chi connectivity index (χ0) is 12.3. The average Bonchev–Trinajstić information content (AvgIpc) is 2.41. The smallest absolute Gasteiger partial charge is 0.434 e. The molecule has 1 aromatic heterocycles. The van der Waals surface area contributed by atoms with Gasteiger partial charge in [0.15, 0.2) is 0 Å². The Morgan fingerprint density at radius 3 is 2.75 bits per heavy atom. The van der Waals surface area contributed by atoms with Crippen LogP contribution >= 0.6 is 0 Å². The SMILES string of the molecule is CCOC(=O)Oc1c([N+](=O)[O-])c(C)nn1C. The van der Waals surface area contributed by atoms with Crippen LogP contribution in [0.25, 0.3) is 0 Å². The molecular formula is C8H11N3O5. The lowest BCUT2D eigenvalue weighted by molar-refractivity contribution is -0.386. The van der Waals surface area contributed by atoms with E-state index in [1.165, 1.54) is 14.0 Å². The van der Waals surface area contributed by atoms with Crippen molar-refractivity contribution in [2.75, 3.05) is 6.61 Å². The third-order valence-electron chi connectivity index (χ3n) is 1.76.